The van der Waals surface area contributed by atoms with E-state index in [4.69, 9.17) is 14.6 Å². The van der Waals surface area contributed by atoms with Gasteiger partial charge in [0.2, 0.25) is 5.88 Å². The summed E-state index contributed by atoms with van der Waals surface area (Å²) in [5.41, 5.74) is 2.58. The maximum atomic E-state index is 12.4. The number of fused-ring (bicyclic) bond motifs is 1. The molecule has 0 aliphatic carbocycles. The van der Waals surface area contributed by atoms with Crippen molar-refractivity contribution >= 4 is 39.6 Å². The fourth-order valence-electron chi connectivity index (χ4n) is 4.23. The number of aromatic nitrogens is 3. The van der Waals surface area contributed by atoms with Crippen molar-refractivity contribution < 1.29 is 14.3 Å². The maximum Gasteiger partial charge on any atom is 0.410 e. The third kappa shape index (κ3) is 6.69. The van der Waals surface area contributed by atoms with Crippen molar-refractivity contribution in [1.29, 1.82) is 0 Å². The molecule has 36 heavy (non-hydrogen) atoms. The second-order valence-corrected chi connectivity index (χ2v) is 11.2. The van der Waals surface area contributed by atoms with E-state index in [0.29, 0.717) is 31.5 Å². The van der Waals surface area contributed by atoms with Crippen LogP contribution in [0.2, 0.25) is 0 Å². The molecular formula is C28H33IN4O3. The van der Waals surface area contributed by atoms with Crippen molar-refractivity contribution in [1.82, 2.24) is 19.7 Å². The molecule has 190 valence electrons. The molecule has 0 N–H and O–H groups in total. The van der Waals surface area contributed by atoms with Gasteiger partial charge in [0.25, 0.3) is 0 Å². The third-order valence-electron chi connectivity index (χ3n) is 6.05. The molecular weight excluding hydrogens is 567 g/mol. The number of likely N-dealkylation sites (tertiary alicyclic amines) is 1. The largest absolute Gasteiger partial charge is 0.472 e. The number of hydrogen-bond acceptors (Lipinski definition) is 5. The number of piperidine rings is 1. The Morgan fingerprint density at radius 3 is 2.72 bits per heavy atom. The van der Waals surface area contributed by atoms with E-state index in [0.717, 1.165) is 51.4 Å². The summed E-state index contributed by atoms with van der Waals surface area (Å²) in [6.07, 6.45) is 6.07. The van der Waals surface area contributed by atoms with Crippen molar-refractivity contribution in [2.45, 2.75) is 65.7 Å². The number of benzene rings is 1. The molecule has 3 heterocycles. The minimum atomic E-state index is -0.474. The van der Waals surface area contributed by atoms with Crippen molar-refractivity contribution in [2.24, 2.45) is 5.92 Å². The number of carbonyl (C=O) groups excluding carboxylic acids is 1. The van der Waals surface area contributed by atoms with Crippen LogP contribution in [0.4, 0.5) is 4.79 Å². The number of pyridine rings is 1. The zero-order chi connectivity index (χ0) is 25.7. The van der Waals surface area contributed by atoms with Gasteiger partial charge in [-0.1, -0.05) is 18.8 Å². The summed E-state index contributed by atoms with van der Waals surface area (Å²) in [6.45, 7) is 10.3. The van der Waals surface area contributed by atoms with E-state index in [1.807, 2.05) is 50.9 Å². The molecule has 7 nitrogen and oxygen atoms in total. The van der Waals surface area contributed by atoms with Crippen molar-refractivity contribution in [3.05, 3.63) is 51.4 Å². The Hall–Kier alpha value is -2.80. The van der Waals surface area contributed by atoms with Gasteiger partial charge in [0.1, 0.15) is 12.2 Å². The summed E-state index contributed by atoms with van der Waals surface area (Å²) < 4.78 is 14.6. The SMILES string of the molecule is CCC#Cc1cc2cnn(CC3CCN(C(=O)OC(C)(C)C)CC3)c2cc1COc1ncccc1I. The molecule has 1 saturated heterocycles. The summed E-state index contributed by atoms with van der Waals surface area (Å²) in [7, 11) is 0. The monoisotopic (exact) mass is 600 g/mol. The second-order valence-electron chi connectivity index (χ2n) is 10.0. The Balaban J connectivity index is 1.49. The normalized spacial score (nSPS) is 14.4. The quantitative estimate of drug-likeness (QED) is 0.265. The summed E-state index contributed by atoms with van der Waals surface area (Å²) in [5, 5.41) is 5.76. The number of rotatable bonds is 5. The number of hydrogen-bond donors (Lipinski definition) is 0. The Kier molecular flexibility index (Phi) is 8.39. The van der Waals surface area contributed by atoms with Crippen molar-refractivity contribution in [3.63, 3.8) is 0 Å². The zero-order valence-electron chi connectivity index (χ0n) is 21.4. The molecule has 0 bridgehead atoms. The number of halogens is 1. The first kappa shape index (κ1) is 26.3. The van der Waals surface area contributed by atoms with Crippen molar-refractivity contribution in [2.75, 3.05) is 13.1 Å². The smallest absolute Gasteiger partial charge is 0.410 e. The van der Waals surface area contributed by atoms with Crippen LogP contribution >= 0.6 is 22.6 Å². The molecule has 8 heteroatoms. The molecule has 1 aliphatic heterocycles. The molecule has 1 fully saturated rings. The summed E-state index contributed by atoms with van der Waals surface area (Å²) in [5.74, 6) is 7.54. The number of amides is 1. The highest BCUT2D eigenvalue weighted by molar-refractivity contribution is 14.1. The second kappa shape index (κ2) is 11.5. The van der Waals surface area contributed by atoms with E-state index in [-0.39, 0.29) is 6.09 Å². The van der Waals surface area contributed by atoms with Crippen LogP contribution in [0.15, 0.2) is 36.7 Å². The molecule has 3 aromatic rings. The summed E-state index contributed by atoms with van der Waals surface area (Å²) in [4.78, 5) is 18.6. The van der Waals surface area contributed by atoms with Gasteiger partial charge >= 0.3 is 6.09 Å². The van der Waals surface area contributed by atoms with Crippen LogP contribution in [0.25, 0.3) is 10.9 Å². The van der Waals surface area contributed by atoms with E-state index in [1.54, 1.807) is 6.20 Å². The standard InChI is InChI=1S/C28H33IN4O3/c1-5-6-8-21-15-22-17-31-33(18-20-10-13-32(14-11-20)27(34)36-28(2,3)4)25(22)16-23(21)19-35-26-24(29)9-7-12-30-26/h7,9,12,15-17,20H,5,10-11,13-14,18-19H2,1-4H3. The number of carbonyl (C=O) groups is 1. The lowest BCUT2D eigenvalue weighted by Gasteiger charge is -2.33. The topological polar surface area (TPSA) is 69.5 Å². The minimum Gasteiger partial charge on any atom is -0.472 e. The van der Waals surface area contributed by atoms with E-state index >= 15 is 0 Å². The molecule has 4 rings (SSSR count). The predicted molar refractivity (Wildman–Crippen MR) is 149 cm³/mol. The van der Waals surface area contributed by atoms with E-state index in [1.165, 1.54) is 0 Å². The minimum absolute atomic E-state index is 0.224. The first-order chi connectivity index (χ1) is 17.2. The molecule has 0 saturated carbocycles. The highest BCUT2D eigenvalue weighted by Crippen LogP contribution is 2.26. The molecule has 1 aromatic carbocycles. The van der Waals surface area contributed by atoms with Crippen LogP contribution in [0.1, 0.15) is 58.1 Å². The lowest BCUT2D eigenvalue weighted by Crippen LogP contribution is -2.42. The van der Waals surface area contributed by atoms with Crippen LogP contribution in [-0.4, -0.2) is 44.4 Å². The Bertz CT molecular complexity index is 1280. The van der Waals surface area contributed by atoms with E-state index in [2.05, 4.69) is 56.2 Å². The molecule has 2 aromatic heterocycles. The van der Waals surface area contributed by atoms with Crippen molar-refractivity contribution in [3.8, 4) is 17.7 Å². The van der Waals surface area contributed by atoms with Gasteiger partial charge in [-0.25, -0.2) is 9.78 Å². The van der Waals surface area contributed by atoms with Crippen LogP contribution in [0.3, 0.4) is 0 Å². The van der Waals surface area contributed by atoms with Gasteiger partial charge in [0.15, 0.2) is 0 Å². The lowest BCUT2D eigenvalue weighted by molar-refractivity contribution is 0.0177. The average molecular weight is 601 g/mol. The highest BCUT2D eigenvalue weighted by atomic mass is 127. The van der Waals surface area contributed by atoms with E-state index < -0.39 is 5.60 Å². The zero-order valence-corrected chi connectivity index (χ0v) is 23.5. The summed E-state index contributed by atoms with van der Waals surface area (Å²) >= 11 is 2.23. The van der Waals surface area contributed by atoms with Gasteiger partial charge in [-0.3, -0.25) is 4.68 Å². The van der Waals surface area contributed by atoms with Crippen LogP contribution in [0.5, 0.6) is 5.88 Å². The maximum absolute atomic E-state index is 12.4. The van der Waals surface area contributed by atoms with Crippen LogP contribution in [0, 0.1) is 21.3 Å². The number of nitrogens with zero attached hydrogens (tertiary/aromatic N) is 4. The molecule has 0 unspecified atom stereocenters. The van der Waals surface area contributed by atoms with Crippen LogP contribution in [-0.2, 0) is 17.9 Å². The predicted octanol–water partition coefficient (Wildman–Crippen LogP) is 6.02. The van der Waals surface area contributed by atoms with Gasteiger partial charge in [-0.2, -0.15) is 5.10 Å². The third-order valence-corrected chi connectivity index (χ3v) is 6.87. The van der Waals surface area contributed by atoms with Gasteiger partial charge < -0.3 is 14.4 Å². The fourth-order valence-corrected chi connectivity index (χ4v) is 4.73. The highest BCUT2D eigenvalue weighted by Gasteiger charge is 2.27. The van der Waals surface area contributed by atoms with E-state index in [9.17, 15) is 4.79 Å². The molecule has 1 aliphatic rings. The van der Waals surface area contributed by atoms with Gasteiger partial charge in [0.05, 0.1) is 15.3 Å². The van der Waals surface area contributed by atoms with Gasteiger partial charge in [-0.15, -0.1) is 0 Å². The van der Waals surface area contributed by atoms with Crippen LogP contribution < -0.4 is 4.74 Å². The number of ether oxygens (including phenoxy) is 2. The Morgan fingerprint density at radius 1 is 1.25 bits per heavy atom. The lowest BCUT2D eigenvalue weighted by atomic mass is 9.97. The first-order valence-corrected chi connectivity index (χ1v) is 13.5. The van der Waals surface area contributed by atoms with Gasteiger partial charge in [0, 0.05) is 48.8 Å². The molecule has 0 atom stereocenters. The summed E-state index contributed by atoms with van der Waals surface area (Å²) in [6, 6.07) is 8.13. The first-order valence-electron chi connectivity index (χ1n) is 12.4. The molecule has 0 spiro atoms. The Labute approximate surface area is 226 Å². The Morgan fingerprint density at radius 2 is 2.03 bits per heavy atom. The fraction of sp³-hybridized carbons (Fsp3) is 0.464. The average Bonchev–Trinajstić information content (AvgIpc) is 3.22. The molecule has 0 radical (unpaired) electrons. The van der Waals surface area contributed by atoms with Gasteiger partial charge in [-0.05, 0) is 86.4 Å². The molecule has 1 amide bonds.